The molecule has 14 heavy (non-hydrogen) atoms. The molecular weight excluding hydrogens is 176 g/mol. The Morgan fingerprint density at radius 2 is 2.21 bits per heavy atom. The molecule has 0 aromatic carbocycles. The predicted octanol–water partition coefficient (Wildman–Crippen LogP) is 2.38. The molecule has 1 saturated carbocycles. The molecule has 2 bridgehead atoms. The third kappa shape index (κ3) is 0.939. The lowest BCUT2D eigenvalue weighted by molar-refractivity contribution is -0.112. The van der Waals surface area contributed by atoms with Crippen LogP contribution in [0.4, 0.5) is 0 Å². The number of aldehydes is 1. The second kappa shape index (κ2) is 2.84. The Bertz CT molecular complexity index is 364. The quantitative estimate of drug-likeness (QED) is 0.527. The summed E-state index contributed by atoms with van der Waals surface area (Å²) in [6.45, 7) is 0. The fourth-order valence-electron chi connectivity index (χ4n) is 2.93. The van der Waals surface area contributed by atoms with Crippen molar-refractivity contribution in [3.63, 3.8) is 0 Å². The van der Waals surface area contributed by atoms with Crippen LogP contribution in [0.25, 0.3) is 0 Å². The summed E-state index contributed by atoms with van der Waals surface area (Å²) in [4.78, 5) is 11.0. The zero-order valence-electron chi connectivity index (χ0n) is 7.80. The van der Waals surface area contributed by atoms with Gasteiger partial charge in [0.2, 0.25) is 0 Å². The smallest absolute Gasteiger partial charge is 0.124 e. The number of carbonyl (C=O) groups is 1. The van der Waals surface area contributed by atoms with Crippen LogP contribution in [0.1, 0.15) is 18.1 Å². The summed E-state index contributed by atoms with van der Waals surface area (Å²) in [5.74, 6) is 2.36. The van der Waals surface area contributed by atoms with E-state index >= 15 is 0 Å². The molecule has 0 N–H and O–H groups in total. The lowest BCUT2D eigenvalue weighted by Crippen LogP contribution is -2.18. The van der Waals surface area contributed by atoms with E-state index in [1.165, 1.54) is 0 Å². The Labute approximate surface area is 82.6 Å². The number of allylic oxidation sites excluding steroid dienone is 2. The van der Waals surface area contributed by atoms with Gasteiger partial charge in [0, 0.05) is 11.8 Å². The maximum Gasteiger partial charge on any atom is 0.124 e. The highest BCUT2D eigenvalue weighted by Crippen LogP contribution is 2.52. The second-order valence-electron chi connectivity index (χ2n) is 4.20. The average Bonchev–Trinajstić information content (AvgIpc) is 2.92. The molecule has 1 fully saturated rings. The lowest BCUT2D eigenvalue weighted by Gasteiger charge is -2.21. The van der Waals surface area contributed by atoms with Crippen molar-refractivity contribution >= 4 is 6.29 Å². The number of furan rings is 1. The zero-order valence-corrected chi connectivity index (χ0v) is 7.80. The molecule has 0 unspecified atom stereocenters. The Morgan fingerprint density at radius 1 is 1.36 bits per heavy atom. The molecule has 2 aliphatic rings. The van der Waals surface area contributed by atoms with Gasteiger partial charge in [0.05, 0.1) is 6.26 Å². The minimum absolute atomic E-state index is 0.135. The molecule has 1 aromatic rings. The van der Waals surface area contributed by atoms with Crippen molar-refractivity contribution in [2.75, 3.05) is 0 Å². The van der Waals surface area contributed by atoms with E-state index in [9.17, 15) is 4.79 Å². The molecule has 0 amide bonds. The predicted molar refractivity (Wildman–Crippen MR) is 51.7 cm³/mol. The van der Waals surface area contributed by atoms with E-state index in [-0.39, 0.29) is 11.8 Å². The lowest BCUT2D eigenvalue weighted by atomic mass is 9.82. The van der Waals surface area contributed by atoms with Gasteiger partial charge < -0.3 is 9.21 Å². The van der Waals surface area contributed by atoms with Crippen molar-refractivity contribution in [3.8, 4) is 0 Å². The van der Waals surface area contributed by atoms with E-state index in [4.69, 9.17) is 4.42 Å². The van der Waals surface area contributed by atoms with Crippen molar-refractivity contribution in [2.24, 2.45) is 17.8 Å². The van der Waals surface area contributed by atoms with Crippen LogP contribution in [-0.2, 0) is 4.79 Å². The first kappa shape index (κ1) is 8.04. The number of rotatable bonds is 2. The van der Waals surface area contributed by atoms with E-state index in [0.717, 1.165) is 18.5 Å². The van der Waals surface area contributed by atoms with Crippen LogP contribution in [0.15, 0.2) is 35.0 Å². The van der Waals surface area contributed by atoms with Gasteiger partial charge in [-0.3, -0.25) is 0 Å². The first-order chi connectivity index (χ1) is 6.90. The highest BCUT2D eigenvalue weighted by molar-refractivity contribution is 5.59. The molecule has 0 aliphatic heterocycles. The van der Waals surface area contributed by atoms with E-state index < -0.39 is 0 Å². The average molecular weight is 188 g/mol. The standard InChI is InChI=1S/C12H12O2/c13-7-10-8-3-4-9(6-8)12(10)11-2-1-5-14-11/h1-5,7-10,12H,6H2/t8-,9+,10-,12-/m0/s1. The van der Waals surface area contributed by atoms with Gasteiger partial charge >= 0.3 is 0 Å². The van der Waals surface area contributed by atoms with Crippen LogP contribution in [0, 0.1) is 17.8 Å². The minimum atomic E-state index is 0.135. The third-order valence-corrected chi connectivity index (χ3v) is 3.55. The van der Waals surface area contributed by atoms with Crippen molar-refractivity contribution in [2.45, 2.75) is 12.3 Å². The van der Waals surface area contributed by atoms with Crippen LogP contribution in [-0.4, -0.2) is 6.29 Å². The largest absolute Gasteiger partial charge is 0.469 e. The number of hydrogen-bond acceptors (Lipinski definition) is 2. The third-order valence-electron chi connectivity index (χ3n) is 3.55. The van der Waals surface area contributed by atoms with Crippen molar-refractivity contribution in [1.29, 1.82) is 0 Å². The van der Waals surface area contributed by atoms with E-state index in [1.54, 1.807) is 6.26 Å². The normalized spacial score (nSPS) is 39.1. The molecule has 0 spiro atoms. The molecule has 2 nitrogen and oxygen atoms in total. The fourth-order valence-corrected chi connectivity index (χ4v) is 2.93. The molecule has 72 valence electrons. The van der Waals surface area contributed by atoms with E-state index in [0.29, 0.717) is 11.8 Å². The zero-order chi connectivity index (χ0) is 9.54. The first-order valence-electron chi connectivity index (χ1n) is 5.07. The summed E-state index contributed by atoms with van der Waals surface area (Å²) in [5, 5.41) is 0. The molecule has 1 aromatic heterocycles. The van der Waals surface area contributed by atoms with Crippen molar-refractivity contribution < 1.29 is 9.21 Å². The fraction of sp³-hybridized carbons (Fsp3) is 0.417. The topological polar surface area (TPSA) is 30.2 Å². The summed E-state index contributed by atoms with van der Waals surface area (Å²) in [6.07, 6.45) is 8.32. The van der Waals surface area contributed by atoms with Crippen LogP contribution in [0.5, 0.6) is 0 Å². The summed E-state index contributed by atoms with van der Waals surface area (Å²) in [6, 6.07) is 3.88. The highest BCUT2D eigenvalue weighted by Gasteiger charge is 2.46. The second-order valence-corrected chi connectivity index (χ2v) is 4.20. The number of carbonyl (C=O) groups excluding carboxylic acids is 1. The number of fused-ring (bicyclic) bond motifs is 2. The van der Waals surface area contributed by atoms with Crippen LogP contribution < -0.4 is 0 Å². The summed E-state index contributed by atoms with van der Waals surface area (Å²) in [7, 11) is 0. The molecule has 2 aliphatic carbocycles. The minimum Gasteiger partial charge on any atom is -0.469 e. The van der Waals surface area contributed by atoms with Crippen LogP contribution in [0.2, 0.25) is 0 Å². The van der Waals surface area contributed by atoms with E-state index in [2.05, 4.69) is 12.2 Å². The van der Waals surface area contributed by atoms with Gasteiger partial charge in [-0.05, 0) is 30.4 Å². The van der Waals surface area contributed by atoms with Crippen molar-refractivity contribution in [1.82, 2.24) is 0 Å². The highest BCUT2D eigenvalue weighted by atomic mass is 16.3. The maximum atomic E-state index is 11.0. The van der Waals surface area contributed by atoms with E-state index in [1.807, 2.05) is 12.1 Å². The molecule has 1 heterocycles. The van der Waals surface area contributed by atoms with Gasteiger partial charge in [-0.25, -0.2) is 0 Å². The van der Waals surface area contributed by atoms with Crippen LogP contribution in [0.3, 0.4) is 0 Å². The van der Waals surface area contributed by atoms with Gasteiger partial charge in [0.15, 0.2) is 0 Å². The SMILES string of the molecule is O=C[C@@H]1[C@@H](c2ccco2)[C@@H]2C=C[C@H]1C2. The monoisotopic (exact) mass is 188 g/mol. The van der Waals surface area contributed by atoms with Gasteiger partial charge in [0.25, 0.3) is 0 Å². The van der Waals surface area contributed by atoms with Gasteiger partial charge in [-0.1, -0.05) is 12.2 Å². The molecule has 4 atom stereocenters. The Kier molecular flexibility index (Phi) is 1.63. The Hall–Kier alpha value is -1.31. The van der Waals surface area contributed by atoms with Gasteiger partial charge in [-0.2, -0.15) is 0 Å². The van der Waals surface area contributed by atoms with Gasteiger partial charge in [-0.15, -0.1) is 0 Å². The molecule has 0 saturated heterocycles. The molecule has 0 radical (unpaired) electrons. The molecule has 2 heteroatoms. The maximum absolute atomic E-state index is 11.0. The molecule has 3 rings (SSSR count). The van der Waals surface area contributed by atoms with Gasteiger partial charge in [0.1, 0.15) is 12.0 Å². The Morgan fingerprint density at radius 3 is 2.93 bits per heavy atom. The van der Waals surface area contributed by atoms with Crippen molar-refractivity contribution in [3.05, 3.63) is 36.3 Å². The summed E-state index contributed by atoms with van der Waals surface area (Å²) >= 11 is 0. The first-order valence-corrected chi connectivity index (χ1v) is 5.07. The number of hydrogen-bond donors (Lipinski definition) is 0. The molecular formula is C12H12O2. The summed E-state index contributed by atoms with van der Waals surface area (Å²) < 4.78 is 5.41. The van der Waals surface area contributed by atoms with Crippen LogP contribution >= 0.6 is 0 Å². The summed E-state index contributed by atoms with van der Waals surface area (Å²) in [5.41, 5.74) is 0. The Balaban J connectivity index is 1.99.